The van der Waals surface area contributed by atoms with E-state index in [0.717, 1.165) is 39.9 Å². The molecule has 6 saturated heterocycles. The van der Waals surface area contributed by atoms with E-state index in [1.807, 2.05) is 83.1 Å². The van der Waals surface area contributed by atoms with Gasteiger partial charge in [0.05, 0.1) is 26.4 Å². The van der Waals surface area contributed by atoms with Crippen molar-refractivity contribution in [3.05, 3.63) is 91.0 Å². The fraction of sp³-hybridized carbons (Fsp3) is 0.712. The Labute approximate surface area is 649 Å². The Bertz CT molecular complexity index is 4120. The van der Waals surface area contributed by atoms with Crippen molar-refractivity contribution in [2.45, 2.75) is 273 Å². The van der Waals surface area contributed by atoms with Gasteiger partial charge in [0, 0.05) is 45.6 Å². The van der Waals surface area contributed by atoms with E-state index < -0.39 is 179 Å². The first kappa shape index (κ1) is 94.6. The molecule has 0 aliphatic carbocycles. The van der Waals surface area contributed by atoms with Crippen molar-refractivity contribution in [2.75, 3.05) is 48.5 Å². The van der Waals surface area contributed by atoms with Gasteiger partial charge in [0.2, 0.25) is 42.0 Å². The molecule has 0 spiro atoms. The minimum absolute atomic E-state index is 0.0280. The van der Waals surface area contributed by atoms with Crippen molar-refractivity contribution in [3.8, 4) is 0 Å². The molecular formula is C66H103ClF8N12O21Si4. The van der Waals surface area contributed by atoms with E-state index in [1.165, 1.54) is 39.1 Å². The molecule has 0 aromatic carbocycles. The van der Waals surface area contributed by atoms with Crippen LogP contribution in [0, 0.1) is 0 Å². The van der Waals surface area contributed by atoms with Gasteiger partial charge in [-0.05, 0) is 80.2 Å². The number of anilines is 4. The summed E-state index contributed by atoms with van der Waals surface area (Å²) in [6.07, 6.45) is -16.5. The molecule has 10 heterocycles. The lowest BCUT2D eigenvalue weighted by Gasteiger charge is -2.51. The van der Waals surface area contributed by atoms with Crippen molar-refractivity contribution in [1.29, 1.82) is 0 Å². The zero-order chi connectivity index (χ0) is 85.0. The maximum absolute atomic E-state index is 16.0. The summed E-state index contributed by atoms with van der Waals surface area (Å²) < 4.78 is 182. The molecule has 4 unspecified atom stereocenters. The standard InChI is InChI=1S/C23H39F2N3O6Si2.C21H37F2N3O5Si2.C11H13F2N3O5.C9H11F2N3O4.C2H3ClO/c1-13(2)35(14(3)4)31-12-18-20(33-36(34-35,15(5)6)16(7)8)23(24,25)21(32-18)28-11-10-19(26-17(9)29)27-22(28)30;1-12(2)32(13(3)4)28-11-16-18(30-33(31-32,14(5)6)15(7)8)21(22,23)19(29-16)26-10-9-17(24)25-20(26)27;1-5(18)14-7-2-3-16(10(20)15-7)9-11(12,13)8(19)6(4-17)21-9;10-9(11)6(16)4(3-15)18-7(9)14-2-1-5(12)13-8(14)17;1-2(3)4/h10-11,13-16,18,20-21H,12H2,1-9H3,(H,26,27,29,30);9-10,12-16,18-19H,11H2,1-8H3,(H2,24,25,27);2-3,6,8-9,17,19H,4H2,1H3,(H,14,15,18,20);1-2,4,6-7,15-16H,3H2,(H2,12,13,17);1H3/t18-,20-,21?;16-,18-,19?;6-,8-,9?;4-,6-,7?;/m1111./s1. The van der Waals surface area contributed by atoms with Crippen molar-refractivity contribution in [3.63, 3.8) is 0 Å². The molecule has 10 rings (SSSR count). The quantitative estimate of drug-likeness (QED) is 0.0304. The minimum Gasteiger partial charge on any atom is -0.414 e. The first-order chi connectivity index (χ1) is 51.6. The molecule has 46 heteroatoms. The van der Waals surface area contributed by atoms with Gasteiger partial charge in [-0.25, -0.2) is 19.2 Å². The molecule has 6 aliphatic heterocycles. The maximum Gasteiger partial charge on any atom is 0.351 e. The van der Waals surface area contributed by atoms with E-state index in [2.05, 4.69) is 69.9 Å². The van der Waals surface area contributed by atoms with Crippen LogP contribution in [0.2, 0.25) is 44.3 Å². The number of nitrogens with zero attached hydrogens (tertiary/aromatic N) is 8. The molecule has 4 aromatic heterocycles. The summed E-state index contributed by atoms with van der Waals surface area (Å²) in [5, 5.41) is 40.6. The summed E-state index contributed by atoms with van der Waals surface area (Å²) in [5.41, 5.74) is 6.53. The number of fused-ring (bicyclic) bond motifs is 2. The highest BCUT2D eigenvalue weighted by atomic mass is 35.5. The molecule has 12 atom stereocenters. The predicted molar refractivity (Wildman–Crippen MR) is 397 cm³/mol. The third-order valence-electron chi connectivity index (χ3n) is 19.4. The zero-order valence-corrected chi connectivity index (χ0v) is 70.1. The number of hydrogen-bond donors (Lipinski definition) is 8. The van der Waals surface area contributed by atoms with E-state index in [0.29, 0.717) is 9.13 Å². The second-order valence-electron chi connectivity index (χ2n) is 30.0. The van der Waals surface area contributed by atoms with Crippen LogP contribution in [0.1, 0.15) is 156 Å². The van der Waals surface area contributed by atoms with Gasteiger partial charge in [-0.1, -0.05) is 111 Å². The Kier molecular flexibility index (Phi) is 31.2. The highest BCUT2D eigenvalue weighted by Gasteiger charge is 2.70. The highest BCUT2D eigenvalue weighted by Crippen LogP contribution is 2.55. The second kappa shape index (κ2) is 36.9. The molecule has 632 valence electrons. The fourth-order valence-electron chi connectivity index (χ4n) is 13.9. The topological polar surface area (TPSA) is 440 Å². The van der Waals surface area contributed by atoms with Gasteiger partial charge in [-0.15, -0.1) is 0 Å². The SMILES string of the molecule is CC(=O)Cl.CC(=O)Nc1ccn(C2O[C@@H]3CO[Si](C(C)C)(C(C)C)O[Si](C(C)C)(C(C)C)O[C@H]3C2(F)F)c(=O)n1.CC(=O)Nc1ccn(C2O[C@H](CO)[C@@H](O)C2(F)F)c(=O)n1.CC(C)[Si]1(C(C)C)OC[C@H]2OC(n3ccc(N)nc3=O)C(F)(F)[C@@H]2O[Si](C(C)C)(C(C)C)O1.Nc1ccn(C2O[C@H](CO)[C@@H](O)C2(F)F)c(=O)n1. The van der Waals surface area contributed by atoms with Gasteiger partial charge >= 0.3 is 80.7 Å². The Morgan fingerprint density at radius 3 is 0.938 bits per heavy atom. The number of nitrogen functional groups attached to an aromatic ring is 2. The first-order valence-electron chi connectivity index (χ1n) is 36.0. The first-order valence-corrected chi connectivity index (χ1v) is 44.2. The van der Waals surface area contributed by atoms with Crippen LogP contribution in [0.5, 0.6) is 0 Å². The number of rotatable bonds is 16. The lowest BCUT2D eigenvalue weighted by Crippen LogP contribution is -2.66. The Morgan fingerprint density at radius 1 is 0.464 bits per heavy atom. The van der Waals surface area contributed by atoms with E-state index in [1.54, 1.807) is 0 Å². The molecule has 0 bridgehead atoms. The van der Waals surface area contributed by atoms with Crippen molar-refractivity contribution < 1.29 is 115 Å². The number of aromatic nitrogens is 8. The van der Waals surface area contributed by atoms with Crippen LogP contribution in [-0.4, -0.2) is 209 Å². The number of nitrogens with one attached hydrogen (secondary N) is 2. The number of aliphatic hydroxyl groups excluding tert-OH is 4. The average molecular weight is 1700 g/mol. The molecule has 112 heavy (non-hydrogen) atoms. The summed E-state index contributed by atoms with van der Waals surface area (Å²) in [6.45, 7) is 33.9. The summed E-state index contributed by atoms with van der Waals surface area (Å²) in [5.74, 6) is -15.8. The van der Waals surface area contributed by atoms with Gasteiger partial charge in [0.1, 0.15) is 59.9 Å². The molecule has 10 N–H and O–H groups in total. The van der Waals surface area contributed by atoms with E-state index in [4.69, 9.17) is 66.6 Å². The predicted octanol–water partition coefficient (Wildman–Crippen LogP) is 7.58. The van der Waals surface area contributed by atoms with Crippen LogP contribution in [0.15, 0.2) is 68.2 Å². The van der Waals surface area contributed by atoms with Crippen LogP contribution >= 0.6 is 11.6 Å². The summed E-state index contributed by atoms with van der Waals surface area (Å²) in [7, 11) is -12.4. The molecule has 6 aliphatic rings. The average Bonchev–Trinajstić information content (AvgIpc) is 1.61. The van der Waals surface area contributed by atoms with Crippen LogP contribution in [0.4, 0.5) is 58.4 Å². The molecular weight excluding hydrogens is 1600 g/mol. The number of amides is 2. The summed E-state index contributed by atoms with van der Waals surface area (Å²) in [4.78, 5) is 93.5. The van der Waals surface area contributed by atoms with Gasteiger partial charge in [0.25, 0.3) is 0 Å². The van der Waals surface area contributed by atoms with Gasteiger partial charge in [-0.3, -0.25) is 32.7 Å². The normalized spacial score (nSPS) is 27.6. The number of nitrogens with two attached hydrogens (primary N) is 2. The van der Waals surface area contributed by atoms with Crippen LogP contribution < -0.4 is 44.9 Å². The van der Waals surface area contributed by atoms with Gasteiger partial charge in [-0.2, -0.15) is 55.1 Å². The lowest BCUT2D eigenvalue weighted by atomic mass is 10.1. The zero-order valence-electron chi connectivity index (χ0n) is 65.4. The van der Waals surface area contributed by atoms with Gasteiger partial charge in [0.15, 0.2) is 12.2 Å². The minimum atomic E-state index is -3.77. The largest absolute Gasteiger partial charge is 0.414 e. The van der Waals surface area contributed by atoms with E-state index in [-0.39, 0.29) is 86.1 Å². The Hall–Kier alpha value is -6.23. The molecule has 0 radical (unpaired) electrons. The number of halogens is 9. The lowest BCUT2D eigenvalue weighted by molar-refractivity contribution is -0.141. The van der Waals surface area contributed by atoms with E-state index in [9.17, 15) is 61.3 Å². The van der Waals surface area contributed by atoms with Crippen LogP contribution in [0.3, 0.4) is 0 Å². The summed E-state index contributed by atoms with van der Waals surface area (Å²) >= 11 is 4.64. The van der Waals surface area contributed by atoms with Crippen LogP contribution in [-0.2, 0) is 59.3 Å². The number of alkyl halides is 8. The number of aliphatic hydroxyl groups is 4. The summed E-state index contributed by atoms with van der Waals surface area (Å²) in [6, 6.07) is 4.86. The van der Waals surface area contributed by atoms with Crippen molar-refractivity contribution in [1.82, 2.24) is 38.2 Å². The highest BCUT2D eigenvalue weighted by molar-refractivity contribution is 6.84. The van der Waals surface area contributed by atoms with Crippen molar-refractivity contribution in [2.24, 2.45) is 0 Å². The monoisotopic (exact) mass is 1700 g/mol. The van der Waals surface area contributed by atoms with Gasteiger partial charge < -0.3 is 87.4 Å². The number of ether oxygens (including phenoxy) is 4. The Balaban J connectivity index is 0.000000236. The fourth-order valence-corrected chi connectivity index (χ4v) is 36.3. The maximum atomic E-state index is 16.0. The number of carbonyl (C=O) groups excluding carboxylic acids is 3. The smallest absolute Gasteiger partial charge is 0.351 e. The Morgan fingerprint density at radius 2 is 0.714 bits per heavy atom. The van der Waals surface area contributed by atoms with Crippen molar-refractivity contribution >= 4 is 86.2 Å². The molecule has 33 nitrogen and oxygen atoms in total. The molecule has 2 amide bonds. The third kappa shape index (κ3) is 19.7. The van der Waals surface area contributed by atoms with E-state index >= 15 is 17.6 Å². The second-order valence-corrected chi connectivity index (χ2v) is 48.2. The molecule has 4 aromatic rings. The third-order valence-corrected chi connectivity index (χ3v) is 39.9. The molecule has 6 fully saturated rings. The van der Waals surface area contributed by atoms with Crippen LogP contribution in [0.25, 0.3) is 0 Å². The number of hydrogen-bond acceptors (Lipinski definition) is 27. The molecule has 0 saturated carbocycles. The number of carbonyl (C=O) groups is 3.